The Hall–Kier alpha value is -0.0800. The SMILES string of the molecule is CC(C)N1CCC(CC2CNC2)CC1. The predicted octanol–water partition coefficient (Wildman–Crippen LogP) is 1.72. The van der Waals surface area contributed by atoms with Crippen molar-refractivity contribution in [2.45, 2.75) is 39.2 Å². The first kappa shape index (κ1) is 10.4. The fourth-order valence-corrected chi connectivity index (χ4v) is 2.69. The lowest BCUT2D eigenvalue weighted by molar-refractivity contribution is 0.129. The van der Waals surface area contributed by atoms with E-state index < -0.39 is 0 Å². The van der Waals surface area contributed by atoms with Gasteiger partial charge in [-0.15, -0.1) is 0 Å². The van der Waals surface area contributed by atoms with Gasteiger partial charge in [0.05, 0.1) is 0 Å². The van der Waals surface area contributed by atoms with Gasteiger partial charge < -0.3 is 10.2 Å². The van der Waals surface area contributed by atoms with Gasteiger partial charge in [-0.05, 0) is 71.1 Å². The first-order valence-corrected chi connectivity index (χ1v) is 6.20. The Kier molecular flexibility index (Phi) is 3.45. The van der Waals surface area contributed by atoms with Gasteiger partial charge in [0.2, 0.25) is 0 Å². The number of nitrogens with one attached hydrogen (secondary N) is 1. The highest BCUT2D eigenvalue weighted by atomic mass is 15.1. The molecule has 0 aromatic heterocycles. The lowest BCUT2D eigenvalue weighted by atomic mass is 9.84. The van der Waals surface area contributed by atoms with E-state index in [1.165, 1.54) is 45.4 Å². The molecule has 2 nitrogen and oxygen atoms in total. The largest absolute Gasteiger partial charge is 0.316 e. The van der Waals surface area contributed by atoms with Gasteiger partial charge >= 0.3 is 0 Å². The molecule has 2 aliphatic rings. The van der Waals surface area contributed by atoms with Crippen molar-refractivity contribution in [3.05, 3.63) is 0 Å². The van der Waals surface area contributed by atoms with Crippen LogP contribution in [0.5, 0.6) is 0 Å². The molecule has 0 radical (unpaired) electrons. The van der Waals surface area contributed by atoms with Gasteiger partial charge in [-0.2, -0.15) is 0 Å². The fourth-order valence-electron chi connectivity index (χ4n) is 2.69. The van der Waals surface area contributed by atoms with Crippen molar-refractivity contribution in [1.82, 2.24) is 10.2 Å². The monoisotopic (exact) mass is 196 g/mol. The summed E-state index contributed by atoms with van der Waals surface area (Å²) in [6.07, 6.45) is 4.36. The lowest BCUT2D eigenvalue weighted by Crippen LogP contribution is -2.44. The molecule has 2 aliphatic heterocycles. The summed E-state index contributed by atoms with van der Waals surface area (Å²) in [7, 11) is 0. The molecule has 0 aromatic carbocycles. The zero-order valence-corrected chi connectivity index (χ0v) is 9.63. The van der Waals surface area contributed by atoms with Crippen LogP contribution < -0.4 is 5.32 Å². The Morgan fingerprint density at radius 2 is 1.79 bits per heavy atom. The maximum atomic E-state index is 3.37. The molecule has 0 amide bonds. The smallest absolute Gasteiger partial charge is 0.00385 e. The maximum absolute atomic E-state index is 3.37. The summed E-state index contributed by atoms with van der Waals surface area (Å²) in [6, 6.07) is 0.751. The average molecular weight is 196 g/mol. The molecule has 2 fully saturated rings. The normalized spacial score (nSPS) is 26.8. The Balaban J connectivity index is 1.67. The summed E-state index contributed by atoms with van der Waals surface area (Å²) in [6.45, 7) is 9.87. The van der Waals surface area contributed by atoms with Gasteiger partial charge in [-0.3, -0.25) is 0 Å². The highest BCUT2D eigenvalue weighted by Crippen LogP contribution is 2.26. The molecule has 0 unspecified atom stereocenters. The van der Waals surface area contributed by atoms with E-state index in [-0.39, 0.29) is 0 Å². The Labute approximate surface area is 88.1 Å². The molecule has 2 rings (SSSR count). The van der Waals surface area contributed by atoms with Crippen molar-refractivity contribution < 1.29 is 0 Å². The third kappa shape index (κ3) is 2.48. The van der Waals surface area contributed by atoms with Crippen LogP contribution in [0.2, 0.25) is 0 Å². The third-order valence-corrected chi connectivity index (χ3v) is 3.91. The topological polar surface area (TPSA) is 15.3 Å². The van der Waals surface area contributed by atoms with Gasteiger partial charge in [0.15, 0.2) is 0 Å². The molecule has 2 heterocycles. The molecule has 2 saturated heterocycles. The minimum Gasteiger partial charge on any atom is -0.316 e. The second-order valence-electron chi connectivity index (χ2n) is 5.33. The highest BCUT2D eigenvalue weighted by molar-refractivity contribution is 4.81. The number of hydrogen-bond donors (Lipinski definition) is 1. The van der Waals surface area contributed by atoms with Crippen molar-refractivity contribution in [3.8, 4) is 0 Å². The Morgan fingerprint density at radius 1 is 1.14 bits per heavy atom. The van der Waals surface area contributed by atoms with Crippen LogP contribution in [-0.4, -0.2) is 37.1 Å². The number of piperidine rings is 1. The van der Waals surface area contributed by atoms with Crippen molar-refractivity contribution in [1.29, 1.82) is 0 Å². The van der Waals surface area contributed by atoms with E-state index >= 15 is 0 Å². The number of rotatable bonds is 3. The third-order valence-electron chi connectivity index (χ3n) is 3.91. The molecule has 0 saturated carbocycles. The summed E-state index contributed by atoms with van der Waals surface area (Å²) in [5.41, 5.74) is 0. The standard InChI is InChI=1S/C12H24N2/c1-10(2)14-5-3-11(4-6-14)7-12-8-13-9-12/h10-13H,3-9H2,1-2H3. The number of likely N-dealkylation sites (tertiary alicyclic amines) is 1. The van der Waals surface area contributed by atoms with Crippen LogP contribution in [0.25, 0.3) is 0 Å². The van der Waals surface area contributed by atoms with Crippen LogP contribution >= 0.6 is 0 Å². The maximum Gasteiger partial charge on any atom is 0.00385 e. The van der Waals surface area contributed by atoms with Crippen molar-refractivity contribution >= 4 is 0 Å². The fraction of sp³-hybridized carbons (Fsp3) is 1.00. The van der Waals surface area contributed by atoms with Crippen molar-refractivity contribution in [2.75, 3.05) is 26.2 Å². The highest BCUT2D eigenvalue weighted by Gasteiger charge is 2.25. The second kappa shape index (κ2) is 4.63. The van der Waals surface area contributed by atoms with Crippen LogP contribution in [0, 0.1) is 11.8 Å². The minimum atomic E-state index is 0.751. The molecule has 82 valence electrons. The number of nitrogens with zero attached hydrogens (tertiary/aromatic N) is 1. The van der Waals surface area contributed by atoms with Gasteiger partial charge in [0, 0.05) is 6.04 Å². The lowest BCUT2D eigenvalue weighted by Gasteiger charge is -2.37. The summed E-state index contributed by atoms with van der Waals surface area (Å²) in [5, 5.41) is 3.37. The molecular weight excluding hydrogens is 172 g/mol. The molecule has 0 aliphatic carbocycles. The molecule has 2 heteroatoms. The van der Waals surface area contributed by atoms with Crippen LogP contribution in [-0.2, 0) is 0 Å². The van der Waals surface area contributed by atoms with Gasteiger partial charge in [0.25, 0.3) is 0 Å². The molecule has 0 atom stereocenters. The first-order valence-electron chi connectivity index (χ1n) is 6.20. The molecule has 0 spiro atoms. The summed E-state index contributed by atoms with van der Waals surface area (Å²) in [5.74, 6) is 2.03. The molecule has 0 bridgehead atoms. The molecule has 1 N–H and O–H groups in total. The zero-order valence-electron chi connectivity index (χ0n) is 9.63. The van der Waals surface area contributed by atoms with Crippen LogP contribution in [0.15, 0.2) is 0 Å². The van der Waals surface area contributed by atoms with Gasteiger partial charge in [-0.25, -0.2) is 0 Å². The van der Waals surface area contributed by atoms with Gasteiger partial charge in [-0.1, -0.05) is 0 Å². The van der Waals surface area contributed by atoms with Gasteiger partial charge in [0.1, 0.15) is 0 Å². The Bertz CT molecular complexity index is 167. The molecular formula is C12H24N2. The quantitative estimate of drug-likeness (QED) is 0.739. The summed E-state index contributed by atoms with van der Waals surface area (Å²) in [4.78, 5) is 2.62. The van der Waals surface area contributed by atoms with E-state index in [1.54, 1.807) is 0 Å². The minimum absolute atomic E-state index is 0.751. The van der Waals surface area contributed by atoms with E-state index in [2.05, 4.69) is 24.1 Å². The van der Waals surface area contributed by atoms with Crippen LogP contribution in [0.3, 0.4) is 0 Å². The molecule has 14 heavy (non-hydrogen) atoms. The summed E-state index contributed by atoms with van der Waals surface area (Å²) >= 11 is 0. The second-order valence-corrected chi connectivity index (χ2v) is 5.33. The number of hydrogen-bond acceptors (Lipinski definition) is 2. The van der Waals surface area contributed by atoms with Crippen LogP contribution in [0.4, 0.5) is 0 Å². The average Bonchev–Trinajstić information content (AvgIpc) is 2.12. The Morgan fingerprint density at radius 3 is 2.21 bits per heavy atom. The van der Waals surface area contributed by atoms with Crippen molar-refractivity contribution in [2.24, 2.45) is 11.8 Å². The van der Waals surface area contributed by atoms with E-state index in [9.17, 15) is 0 Å². The van der Waals surface area contributed by atoms with E-state index in [0.717, 1.165) is 17.9 Å². The zero-order chi connectivity index (χ0) is 9.97. The van der Waals surface area contributed by atoms with Crippen molar-refractivity contribution in [3.63, 3.8) is 0 Å². The van der Waals surface area contributed by atoms with E-state index in [0.29, 0.717) is 0 Å². The predicted molar refractivity (Wildman–Crippen MR) is 60.4 cm³/mol. The first-order chi connectivity index (χ1) is 6.75. The van der Waals surface area contributed by atoms with Crippen LogP contribution in [0.1, 0.15) is 33.1 Å². The molecule has 0 aromatic rings. The van der Waals surface area contributed by atoms with E-state index in [1.807, 2.05) is 0 Å². The summed E-state index contributed by atoms with van der Waals surface area (Å²) < 4.78 is 0. The van der Waals surface area contributed by atoms with E-state index in [4.69, 9.17) is 0 Å².